The van der Waals surface area contributed by atoms with Gasteiger partial charge in [0, 0.05) is 31.1 Å². The van der Waals surface area contributed by atoms with Crippen LogP contribution in [-0.4, -0.2) is 43.7 Å². The Labute approximate surface area is 248 Å². The summed E-state index contributed by atoms with van der Waals surface area (Å²) < 4.78 is 11.8. The highest BCUT2D eigenvalue weighted by molar-refractivity contribution is 6.02. The molecule has 3 aliphatic rings. The number of rotatable bonds is 12. The lowest BCUT2D eigenvalue weighted by Crippen LogP contribution is -2.36. The molecule has 1 aliphatic heterocycles. The summed E-state index contributed by atoms with van der Waals surface area (Å²) in [7, 11) is 1.66. The molecular formula is C36H41NO5. The number of nitrogens with zero attached hydrogens (tertiary/aromatic N) is 1. The van der Waals surface area contributed by atoms with E-state index in [0.29, 0.717) is 24.9 Å². The van der Waals surface area contributed by atoms with Crippen LogP contribution in [0.2, 0.25) is 0 Å². The lowest BCUT2D eigenvalue weighted by atomic mass is 9.91. The van der Waals surface area contributed by atoms with Crippen molar-refractivity contribution in [3.05, 3.63) is 88.5 Å². The van der Waals surface area contributed by atoms with Crippen molar-refractivity contribution in [2.75, 3.05) is 31.7 Å². The average Bonchev–Trinajstić information content (AvgIpc) is 3.75. The summed E-state index contributed by atoms with van der Waals surface area (Å²) in [5.74, 6) is 1.94. The molecule has 2 fully saturated rings. The van der Waals surface area contributed by atoms with Crippen LogP contribution in [0.4, 0.5) is 5.69 Å². The van der Waals surface area contributed by atoms with Gasteiger partial charge in [0.05, 0.1) is 25.8 Å². The topological polar surface area (TPSA) is 76.1 Å². The Morgan fingerprint density at radius 3 is 2.50 bits per heavy atom. The number of ether oxygens (including phenoxy) is 2. The normalized spacial score (nSPS) is 17.5. The molecule has 0 amide bonds. The molecule has 6 rings (SSSR count). The largest absolute Gasteiger partial charge is 0.497 e. The average molecular weight is 568 g/mol. The van der Waals surface area contributed by atoms with Crippen LogP contribution in [0.5, 0.6) is 11.5 Å². The second-order valence-corrected chi connectivity index (χ2v) is 12.3. The van der Waals surface area contributed by atoms with Crippen molar-refractivity contribution in [3.8, 4) is 11.5 Å². The minimum absolute atomic E-state index is 0.0664. The zero-order chi connectivity index (χ0) is 29.1. The Morgan fingerprint density at radius 1 is 0.929 bits per heavy atom. The summed E-state index contributed by atoms with van der Waals surface area (Å²) in [5.41, 5.74) is 6.70. The number of carbonyl (C=O) groups excluding carboxylic acids is 1. The van der Waals surface area contributed by atoms with Gasteiger partial charge in [0.15, 0.2) is 5.78 Å². The zero-order valence-corrected chi connectivity index (χ0v) is 24.5. The van der Waals surface area contributed by atoms with E-state index in [4.69, 9.17) is 9.47 Å². The molecular weight excluding hydrogens is 526 g/mol. The lowest BCUT2D eigenvalue weighted by molar-refractivity contribution is -0.137. The van der Waals surface area contributed by atoms with Crippen LogP contribution >= 0.6 is 0 Å². The second-order valence-electron chi connectivity index (χ2n) is 12.3. The number of carbonyl (C=O) groups is 2. The number of anilines is 1. The van der Waals surface area contributed by atoms with Gasteiger partial charge in [-0.3, -0.25) is 9.59 Å². The number of fused-ring (bicyclic) bond motifs is 1. The third-order valence-electron chi connectivity index (χ3n) is 9.35. The van der Waals surface area contributed by atoms with Crippen LogP contribution in [0.3, 0.4) is 0 Å². The first-order valence-electron chi connectivity index (χ1n) is 15.5. The molecule has 3 aromatic rings. The van der Waals surface area contributed by atoms with Crippen molar-refractivity contribution in [2.45, 2.75) is 63.7 Å². The van der Waals surface area contributed by atoms with Crippen LogP contribution in [0.25, 0.3) is 0 Å². The van der Waals surface area contributed by atoms with Crippen LogP contribution < -0.4 is 14.4 Å². The van der Waals surface area contributed by atoms with Crippen LogP contribution in [-0.2, 0) is 24.1 Å². The van der Waals surface area contributed by atoms with Gasteiger partial charge in [-0.15, -0.1) is 0 Å². The minimum atomic E-state index is -0.742. The zero-order valence-electron chi connectivity index (χ0n) is 24.5. The van der Waals surface area contributed by atoms with E-state index in [2.05, 4.69) is 23.1 Å². The van der Waals surface area contributed by atoms with Crippen molar-refractivity contribution in [1.29, 1.82) is 0 Å². The molecule has 0 radical (unpaired) electrons. The van der Waals surface area contributed by atoms with Crippen molar-refractivity contribution < 1.29 is 24.2 Å². The summed E-state index contributed by atoms with van der Waals surface area (Å²) in [5, 5.41) is 9.38. The van der Waals surface area contributed by atoms with Gasteiger partial charge in [-0.25, -0.2) is 0 Å². The van der Waals surface area contributed by atoms with E-state index < -0.39 is 5.97 Å². The molecule has 0 aromatic heterocycles. The first-order valence-corrected chi connectivity index (χ1v) is 15.5. The van der Waals surface area contributed by atoms with E-state index in [-0.39, 0.29) is 18.1 Å². The van der Waals surface area contributed by atoms with E-state index in [1.807, 2.05) is 42.5 Å². The quantitative estimate of drug-likeness (QED) is 0.241. The molecule has 1 unspecified atom stereocenters. The van der Waals surface area contributed by atoms with Crippen LogP contribution in [0.15, 0.2) is 60.7 Å². The Bertz CT molecular complexity index is 1440. The molecule has 220 valence electrons. The van der Waals surface area contributed by atoms with Crippen LogP contribution in [0, 0.1) is 11.8 Å². The van der Waals surface area contributed by atoms with E-state index in [9.17, 15) is 14.7 Å². The highest BCUT2D eigenvalue weighted by Gasteiger charge is 2.34. The molecule has 1 atom stereocenters. The number of ketones is 1. The van der Waals surface area contributed by atoms with Gasteiger partial charge in [0.25, 0.3) is 0 Å². The summed E-state index contributed by atoms with van der Waals surface area (Å²) in [6, 6.07) is 20.4. The van der Waals surface area contributed by atoms with Crippen LogP contribution in [0.1, 0.15) is 77.1 Å². The third kappa shape index (κ3) is 6.64. The number of aliphatic carboxylic acids is 1. The maximum Gasteiger partial charge on any atom is 0.303 e. The second kappa shape index (κ2) is 12.6. The first kappa shape index (κ1) is 28.3. The van der Waals surface area contributed by atoms with E-state index in [1.54, 1.807) is 7.11 Å². The predicted octanol–water partition coefficient (Wildman–Crippen LogP) is 6.87. The molecule has 0 spiro atoms. The number of hydrogen-bond donors (Lipinski definition) is 1. The molecule has 1 heterocycles. The van der Waals surface area contributed by atoms with E-state index in [1.165, 1.54) is 17.5 Å². The highest BCUT2D eigenvalue weighted by atomic mass is 16.5. The SMILES string of the molecule is COc1ccc(C(=O)Cc2ccc3c(c2)CCC3)c(N2CCC(COc3cccc(C(CC(=O)O)C4CC4)c3)CC2)c1. The molecule has 6 nitrogen and oxygen atoms in total. The first-order chi connectivity index (χ1) is 20.5. The van der Waals surface area contributed by atoms with Crippen molar-refractivity contribution in [2.24, 2.45) is 11.8 Å². The Hall–Kier alpha value is -3.80. The number of carboxylic acid groups (broad SMARTS) is 1. The molecule has 0 bridgehead atoms. The molecule has 1 saturated carbocycles. The summed E-state index contributed by atoms with van der Waals surface area (Å²) >= 11 is 0. The molecule has 2 aliphatic carbocycles. The predicted molar refractivity (Wildman–Crippen MR) is 164 cm³/mol. The number of carboxylic acids is 1. The molecule has 1 N–H and O–H groups in total. The van der Waals surface area contributed by atoms with E-state index >= 15 is 0 Å². The fourth-order valence-electron chi connectivity index (χ4n) is 6.78. The summed E-state index contributed by atoms with van der Waals surface area (Å²) in [4.78, 5) is 27.3. The van der Waals surface area contributed by atoms with Crippen molar-refractivity contribution in [1.82, 2.24) is 0 Å². The maximum atomic E-state index is 13.6. The van der Waals surface area contributed by atoms with E-state index in [0.717, 1.165) is 85.5 Å². The minimum Gasteiger partial charge on any atom is -0.497 e. The maximum absolute atomic E-state index is 13.6. The summed E-state index contributed by atoms with van der Waals surface area (Å²) in [6.45, 7) is 2.33. The number of benzene rings is 3. The Morgan fingerprint density at radius 2 is 1.74 bits per heavy atom. The number of aryl methyl sites for hydroxylation is 2. The monoisotopic (exact) mass is 567 g/mol. The van der Waals surface area contributed by atoms with Gasteiger partial charge in [-0.1, -0.05) is 30.3 Å². The fraction of sp³-hybridized carbons (Fsp3) is 0.444. The number of Topliss-reactive ketones (excluding diaryl/α,β-unsaturated/α-hetero) is 1. The molecule has 3 aromatic carbocycles. The highest BCUT2D eigenvalue weighted by Crippen LogP contribution is 2.45. The number of hydrogen-bond acceptors (Lipinski definition) is 5. The van der Waals surface area contributed by atoms with Gasteiger partial charge in [-0.2, -0.15) is 0 Å². The van der Waals surface area contributed by atoms with Crippen molar-refractivity contribution in [3.63, 3.8) is 0 Å². The van der Waals surface area contributed by atoms with Gasteiger partial charge >= 0.3 is 5.97 Å². The van der Waals surface area contributed by atoms with Gasteiger partial charge in [0.1, 0.15) is 11.5 Å². The van der Waals surface area contributed by atoms with Gasteiger partial charge in [0.2, 0.25) is 0 Å². The Kier molecular flexibility index (Phi) is 8.50. The van der Waals surface area contributed by atoms with Gasteiger partial charge in [-0.05, 0) is 109 Å². The smallest absolute Gasteiger partial charge is 0.303 e. The molecule has 1 saturated heterocycles. The Balaban J connectivity index is 1.08. The molecule has 42 heavy (non-hydrogen) atoms. The molecule has 6 heteroatoms. The standard InChI is InChI=1S/C36H41NO5/c1-41-30-12-13-32(35(38)19-25-8-9-26-4-2-5-28(26)18-25)34(21-30)37-16-14-24(15-17-37)23-42-31-7-3-6-29(20-31)33(22-36(39)40)27-10-11-27/h3,6-9,12-13,18,20-21,24,27,33H,2,4-5,10-11,14-17,19,22-23H2,1H3,(H,39,40). The van der Waals surface area contributed by atoms with Crippen molar-refractivity contribution >= 4 is 17.4 Å². The summed E-state index contributed by atoms with van der Waals surface area (Å²) in [6.07, 6.45) is 8.20. The fourth-order valence-corrected chi connectivity index (χ4v) is 6.78. The van der Waals surface area contributed by atoms with Gasteiger partial charge < -0.3 is 19.5 Å². The third-order valence-corrected chi connectivity index (χ3v) is 9.35. The lowest BCUT2D eigenvalue weighted by Gasteiger charge is -2.34. The number of methoxy groups -OCH3 is 1. The number of piperidine rings is 1.